The van der Waals surface area contributed by atoms with Crippen LogP contribution < -0.4 is 5.32 Å². The lowest BCUT2D eigenvalue weighted by molar-refractivity contribution is -0.142. The van der Waals surface area contributed by atoms with Crippen LogP contribution in [-0.4, -0.2) is 54.2 Å². The summed E-state index contributed by atoms with van der Waals surface area (Å²) in [6.45, 7) is 4.84. The number of thioether (sulfide) groups is 1. The number of nitrogens with zero attached hydrogens (tertiary/aromatic N) is 1. The molecule has 0 fully saturated rings. The van der Waals surface area contributed by atoms with Crippen LogP contribution in [0.4, 0.5) is 4.79 Å². The molecule has 2 N–H and O–H groups in total. The molecule has 0 radical (unpaired) electrons. The molecule has 0 aliphatic heterocycles. The van der Waals surface area contributed by atoms with Gasteiger partial charge in [-0.05, 0) is 30.8 Å². The first-order valence-corrected chi connectivity index (χ1v) is 7.98. The molecule has 0 saturated heterocycles. The fraction of sp³-hybridized carbons (Fsp3) is 0.846. The molecule has 112 valence electrons. The molecule has 0 aromatic heterocycles. The molecule has 1 atom stereocenters. The SMILES string of the molecule is CSCCCN(C)C(=O)NCC(CC(C)C)C(=O)O. The van der Waals surface area contributed by atoms with E-state index in [1.165, 1.54) is 0 Å². The van der Waals surface area contributed by atoms with Gasteiger partial charge >= 0.3 is 12.0 Å². The summed E-state index contributed by atoms with van der Waals surface area (Å²) in [4.78, 5) is 24.4. The summed E-state index contributed by atoms with van der Waals surface area (Å²) in [6, 6.07) is -0.198. The Balaban J connectivity index is 4.06. The van der Waals surface area contributed by atoms with Gasteiger partial charge in [-0.3, -0.25) is 4.79 Å². The van der Waals surface area contributed by atoms with Gasteiger partial charge in [0.15, 0.2) is 0 Å². The van der Waals surface area contributed by atoms with Gasteiger partial charge in [0.2, 0.25) is 0 Å². The van der Waals surface area contributed by atoms with E-state index in [0.717, 1.165) is 12.2 Å². The molecule has 0 spiro atoms. The van der Waals surface area contributed by atoms with Crippen LogP contribution >= 0.6 is 11.8 Å². The summed E-state index contributed by atoms with van der Waals surface area (Å²) >= 11 is 1.75. The van der Waals surface area contributed by atoms with Crippen molar-refractivity contribution < 1.29 is 14.7 Å². The number of carbonyl (C=O) groups excluding carboxylic acids is 1. The minimum absolute atomic E-state index is 0.194. The molecule has 0 heterocycles. The van der Waals surface area contributed by atoms with Gasteiger partial charge in [-0.25, -0.2) is 4.79 Å². The topological polar surface area (TPSA) is 69.6 Å². The maximum Gasteiger partial charge on any atom is 0.317 e. The molecule has 0 aliphatic rings. The Morgan fingerprint density at radius 3 is 2.47 bits per heavy atom. The van der Waals surface area contributed by atoms with Crippen LogP contribution in [0.3, 0.4) is 0 Å². The van der Waals surface area contributed by atoms with Gasteiger partial charge in [0, 0.05) is 20.1 Å². The molecule has 0 saturated carbocycles. The van der Waals surface area contributed by atoms with E-state index in [2.05, 4.69) is 5.32 Å². The van der Waals surface area contributed by atoms with E-state index in [1.807, 2.05) is 20.1 Å². The number of amides is 2. The number of rotatable bonds is 9. The summed E-state index contributed by atoms with van der Waals surface area (Å²) in [5, 5.41) is 11.8. The third-order valence-electron chi connectivity index (χ3n) is 2.79. The van der Waals surface area contributed by atoms with Crippen molar-refractivity contribution in [2.45, 2.75) is 26.7 Å². The lowest BCUT2D eigenvalue weighted by Gasteiger charge is -2.20. The zero-order valence-electron chi connectivity index (χ0n) is 12.3. The average molecular weight is 290 g/mol. The quantitative estimate of drug-likeness (QED) is 0.638. The Bertz CT molecular complexity index is 285. The molecular weight excluding hydrogens is 264 g/mol. The third-order valence-corrected chi connectivity index (χ3v) is 3.49. The molecule has 1 unspecified atom stereocenters. The number of hydrogen-bond acceptors (Lipinski definition) is 3. The van der Waals surface area contributed by atoms with E-state index in [0.29, 0.717) is 18.9 Å². The van der Waals surface area contributed by atoms with E-state index >= 15 is 0 Å². The zero-order valence-corrected chi connectivity index (χ0v) is 13.1. The van der Waals surface area contributed by atoms with E-state index in [1.54, 1.807) is 23.7 Å². The maximum absolute atomic E-state index is 11.8. The first-order valence-electron chi connectivity index (χ1n) is 6.59. The van der Waals surface area contributed by atoms with Crippen LogP contribution in [0, 0.1) is 11.8 Å². The second-order valence-electron chi connectivity index (χ2n) is 5.12. The first kappa shape index (κ1) is 18.1. The predicted molar refractivity (Wildman–Crippen MR) is 79.6 cm³/mol. The Hall–Kier alpha value is -0.910. The zero-order chi connectivity index (χ0) is 14.8. The standard InChI is InChI=1S/C13H26N2O3S/c1-10(2)8-11(12(16)17)9-14-13(18)15(3)6-5-7-19-4/h10-11H,5-9H2,1-4H3,(H,14,18)(H,16,17). The van der Waals surface area contributed by atoms with Crippen LogP contribution in [-0.2, 0) is 4.79 Å². The highest BCUT2D eigenvalue weighted by molar-refractivity contribution is 7.98. The van der Waals surface area contributed by atoms with Crippen molar-refractivity contribution in [3.63, 3.8) is 0 Å². The van der Waals surface area contributed by atoms with E-state index in [-0.39, 0.29) is 12.6 Å². The molecule has 0 aromatic rings. The molecule has 0 rings (SSSR count). The number of aliphatic carboxylic acids is 1. The highest BCUT2D eigenvalue weighted by Gasteiger charge is 2.20. The number of carbonyl (C=O) groups is 2. The Labute approximate surface area is 120 Å². The van der Waals surface area contributed by atoms with Crippen molar-refractivity contribution in [3.8, 4) is 0 Å². The second kappa shape index (κ2) is 9.95. The molecule has 0 aromatic carbocycles. The van der Waals surface area contributed by atoms with Crippen molar-refractivity contribution in [2.75, 3.05) is 32.1 Å². The van der Waals surface area contributed by atoms with Gasteiger partial charge in [-0.2, -0.15) is 11.8 Å². The summed E-state index contributed by atoms with van der Waals surface area (Å²) in [5.41, 5.74) is 0. The molecule has 19 heavy (non-hydrogen) atoms. The highest BCUT2D eigenvalue weighted by Crippen LogP contribution is 2.11. The predicted octanol–water partition coefficient (Wildman–Crippen LogP) is 2.13. The van der Waals surface area contributed by atoms with Crippen LogP contribution in [0.25, 0.3) is 0 Å². The molecule has 2 amide bonds. The molecule has 0 bridgehead atoms. The van der Waals surface area contributed by atoms with Crippen LogP contribution in [0.5, 0.6) is 0 Å². The Kier molecular flexibility index (Phi) is 9.47. The molecule has 5 nitrogen and oxygen atoms in total. The summed E-state index contributed by atoms with van der Waals surface area (Å²) in [6.07, 6.45) is 3.55. The third kappa shape index (κ3) is 8.75. The minimum atomic E-state index is -0.848. The number of carboxylic acids is 1. The summed E-state index contributed by atoms with van der Waals surface area (Å²) in [5.74, 6) is -0.0391. The van der Waals surface area contributed by atoms with Gasteiger partial charge in [0.1, 0.15) is 0 Å². The van der Waals surface area contributed by atoms with Crippen molar-refractivity contribution in [1.29, 1.82) is 0 Å². The van der Waals surface area contributed by atoms with Gasteiger partial charge in [0.05, 0.1) is 5.92 Å². The average Bonchev–Trinajstić information content (AvgIpc) is 2.33. The lowest BCUT2D eigenvalue weighted by atomic mass is 9.97. The van der Waals surface area contributed by atoms with Gasteiger partial charge < -0.3 is 15.3 Å². The van der Waals surface area contributed by atoms with E-state index < -0.39 is 11.9 Å². The number of nitrogens with one attached hydrogen (secondary N) is 1. The molecule has 0 aliphatic carbocycles. The highest BCUT2D eigenvalue weighted by atomic mass is 32.2. The smallest absolute Gasteiger partial charge is 0.317 e. The summed E-state index contributed by atoms with van der Waals surface area (Å²) in [7, 11) is 1.73. The van der Waals surface area contributed by atoms with Crippen molar-refractivity contribution in [3.05, 3.63) is 0 Å². The van der Waals surface area contributed by atoms with Crippen LogP contribution in [0.15, 0.2) is 0 Å². The van der Waals surface area contributed by atoms with E-state index in [9.17, 15) is 9.59 Å². The molecular formula is C13H26N2O3S. The van der Waals surface area contributed by atoms with Gasteiger partial charge in [-0.15, -0.1) is 0 Å². The second-order valence-corrected chi connectivity index (χ2v) is 6.10. The van der Waals surface area contributed by atoms with Gasteiger partial charge in [0.25, 0.3) is 0 Å². The molecule has 6 heteroatoms. The maximum atomic E-state index is 11.8. The normalized spacial score (nSPS) is 12.3. The fourth-order valence-electron chi connectivity index (χ4n) is 1.73. The first-order chi connectivity index (χ1) is 8.88. The monoisotopic (exact) mass is 290 g/mol. The van der Waals surface area contributed by atoms with Crippen LogP contribution in [0.2, 0.25) is 0 Å². The van der Waals surface area contributed by atoms with Gasteiger partial charge in [-0.1, -0.05) is 13.8 Å². The van der Waals surface area contributed by atoms with E-state index in [4.69, 9.17) is 5.11 Å². The lowest BCUT2D eigenvalue weighted by Crippen LogP contribution is -2.41. The minimum Gasteiger partial charge on any atom is -0.481 e. The largest absolute Gasteiger partial charge is 0.481 e. The van der Waals surface area contributed by atoms with Crippen molar-refractivity contribution in [2.24, 2.45) is 11.8 Å². The Morgan fingerprint density at radius 2 is 2.00 bits per heavy atom. The number of carboxylic acid groups (broad SMARTS) is 1. The van der Waals surface area contributed by atoms with Crippen LogP contribution in [0.1, 0.15) is 26.7 Å². The van der Waals surface area contributed by atoms with Crippen molar-refractivity contribution >= 4 is 23.8 Å². The number of urea groups is 1. The number of hydrogen-bond donors (Lipinski definition) is 2. The summed E-state index contributed by atoms with van der Waals surface area (Å²) < 4.78 is 0. The fourth-order valence-corrected chi connectivity index (χ4v) is 2.15. The Morgan fingerprint density at radius 1 is 1.37 bits per heavy atom. The van der Waals surface area contributed by atoms with Crippen molar-refractivity contribution in [1.82, 2.24) is 10.2 Å².